The number of hydrogen-bond donors (Lipinski definition) is 2. The van der Waals surface area contributed by atoms with E-state index in [0.717, 1.165) is 23.7 Å². The maximum atomic E-state index is 6.09. The first-order valence-corrected chi connectivity index (χ1v) is 7.38. The zero-order chi connectivity index (χ0) is 13.7. The summed E-state index contributed by atoms with van der Waals surface area (Å²) in [6.45, 7) is 4.64. The maximum absolute atomic E-state index is 6.09. The van der Waals surface area contributed by atoms with E-state index in [0.29, 0.717) is 12.5 Å². The van der Waals surface area contributed by atoms with Gasteiger partial charge in [-0.2, -0.15) is 0 Å². The van der Waals surface area contributed by atoms with Gasteiger partial charge < -0.3 is 15.8 Å². The van der Waals surface area contributed by atoms with Crippen molar-refractivity contribution in [3.8, 4) is 0 Å². The van der Waals surface area contributed by atoms with Crippen molar-refractivity contribution in [2.75, 3.05) is 19.7 Å². The van der Waals surface area contributed by atoms with E-state index < -0.39 is 0 Å². The van der Waals surface area contributed by atoms with Crippen LogP contribution < -0.4 is 11.1 Å². The Morgan fingerprint density at radius 3 is 3.00 bits per heavy atom. The number of piperidine rings is 1. The summed E-state index contributed by atoms with van der Waals surface area (Å²) < 4.78 is 6.06. The Kier molecular flexibility index (Phi) is 5.64. The summed E-state index contributed by atoms with van der Waals surface area (Å²) in [5, 5.41) is 4.20. The Morgan fingerprint density at radius 1 is 1.53 bits per heavy atom. The molecule has 1 heterocycles. The Labute approximate surface area is 120 Å². The van der Waals surface area contributed by atoms with Crippen LogP contribution in [0.2, 0.25) is 5.02 Å². The van der Waals surface area contributed by atoms with Gasteiger partial charge in [0.1, 0.15) is 0 Å². The van der Waals surface area contributed by atoms with Crippen molar-refractivity contribution in [1.29, 1.82) is 0 Å². The number of nitrogens with two attached hydrogens (primary N) is 1. The van der Waals surface area contributed by atoms with Crippen LogP contribution in [0.3, 0.4) is 0 Å². The molecular formula is C15H23ClN2O. The summed E-state index contributed by atoms with van der Waals surface area (Å²) in [6, 6.07) is 8.02. The lowest BCUT2D eigenvalue weighted by atomic mass is 9.89. The first kappa shape index (κ1) is 14.8. The summed E-state index contributed by atoms with van der Waals surface area (Å²) in [7, 11) is 0. The third kappa shape index (κ3) is 4.46. The van der Waals surface area contributed by atoms with E-state index in [1.54, 1.807) is 0 Å². The van der Waals surface area contributed by atoms with Crippen molar-refractivity contribution in [3.63, 3.8) is 0 Å². The molecular weight excluding hydrogens is 260 g/mol. The quantitative estimate of drug-likeness (QED) is 0.873. The molecule has 0 amide bonds. The molecule has 1 fully saturated rings. The van der Waals surface area contributed by atoms with Crippen LogP contribution in [0.15, 0.2) is 24.3 Å². The Hall–Kier alpha value is -0.610. The molecule has 1 aliphatic rings. The van der Waals surface area contributed by atoms with Gasteiger partial charge >= 0.3 is 0 Å². The lowest BCUT2D eigenvalue weighted by Crippen LogP contribution is -2.35. The van der Waals surface area contributed by atoms with E-state index in [1.807, 2.05) is 25.1 Å². The molecule has 3 N–H and O–H groups in total. The normalized spacial score (nSPS) is 23.0. The molecule has 1 aromatic carbocycles. The second kappa shape index (κ2) is 7.25. The topological polar surface area (TPSA) is 47.3 Å². The molecule has 3 atom stereocenters. The van der Waals surface area contributed by atoms with Gasteiger partial charge in [0.05, 0.1) is 12.7 Å². The van der Waals surface area contributed by atoms with Gasteiger partial charge in [-0.15, -0.1) is 0 Å². The van der Waals surface area contributed by atoms with Gasteiger partial charge in [-0.3, -0.25) is 0 Å². The van der Waals surface area contributed by atoms with Crippen molar-refractivity contribution < 1.29 is 4.74 Å². The molecule has 1 aliphatic heterocycles. The molecule has 1 saturated heterocycles. The minimum absolute atomic E-state index is 0.0539. The molecule has 2 rings (SSSR count). The van der Waals surface area contributed by atoms with Crippen LogP contribution in [0, 0.1) is 5.92 Å². The molecule has 0 aliphatic carbocycles. The zero-order valence-electron chi connectivity index (χ0n) is 11.4. The summed E-state index contributed by atoms with van der Waals surface area (Å²) >= 11 is 6.09. The fraction of sp³-hybridized carbons (Fsp3) is 0.600. The zero-order valence-corrected chi connectivity index (χ0v) is 12.2. The second-order valence-electron chi connectivity index (χ2n) is 5.39. The summed E-state index contributed by atoms with van der Waals surface area (Å²) in [4.78, 5) is 0. The number of halogens is 1. The molecule has 106 valence electrons. The monoisotopic (exact) mass is 282 g/mol. The van der Waals surface area contributed by atoms with Gasteiger partial charge in [-0.05, 0) is 44.0 Å². The highest BCUT2D eigenvalue weighted by atomic mass is 35.5. The highest BCUT2D eigenvalue weighted by molar-refractivity contribution is 6.30. The first-order chi connectivity index (χ1) is 9.16. The van der Waals surface area contributed by atoms with Crippen LogP contribution in [0.4, 0.5) is 0 Å². The fourth-order valence-electron chi connectivity index (χ4n) is 2.58. The molecule has 4 heteroatoms. The maximum Gasteiger partial charge on any atom is 0.0866 e. The molecule has 1 aromatic rings. The van der Waals surface area contributed by atoms with Gasteiger partial charge in [0.15, 0.2) is 0 Å². The smallest absolute Gasteiger partial charge is 0.0866 e. The predicted molar refractivity (Wildman–Crippen MR) is 79.4 cm³/mol. The third-order valence-corrected chi connectivity index (χ3v) is 3.71. The van der Waals surface area contributed by atoms with E-state index >= 15 is 0 Å². The standard InChI is InChI=1S/C15H23ClN2O/c1-11(17)10-19-15(13-5-3-7-18-9-13)12-4-2-6-14(16)8-12/h2,4,6,8,11,13,15,18H,3,5,7,9-10,17H2,1H3/t11?,13-,15+/m1/s1. The lowest BCUT2D eigenvalue weighted by Gasteiger charge is -2.31. The Balaban J connectivity index is 2.12. The first-order valence-electron chi connectivity index (χ1n) is 7.00. The van der Waals surface area contributed by atoms with Crippen LogP contribution in [0.1, 0.15) is 31.4 Å². The van der Waals surface area contributed by atoms with Crippen LogP contribution in [-0.2, 0) is 4.74 Å². The molecule has 3 nitrogen and oxygen atoms in total. The van der Waals surface area contributed by atoms with Gasteiger partial charge in [-0.25, -0.2) is 0 Å². The van der Waals surface area contributed by atoms with E-state index in [9.17, 15) is 0 Å². The highest BCUT2D eigenvalue weighted by Crippen LogP contribution is 2.32. The fourth-order valence-corrected chi connectivity index (χ4v) is 2.78. The van der Waals surface area contributed by atoms with E-state index in [4.69, 9.17) is 22.1 Å². The van der Waals surface area contributed by atoms with E-state index in [-0.39, 0.29) is 12.1 Å². The number of ether oxygens (including phenoxy) is 1. The van der Waals surface area contributed by atoms with E-state index in [2.05, 4.69) is 11.4 Å². The predicted octanol–water partition coefficient (Wildman–Crippen LogP) is 2.74. The van der Waals surface area contributed by atoms with Gasteiger partial charge in [0.25, 0.3) is 0 Å². The average Bonchev–Trinajstić information content (AvgIpc) is 2.40. The largest absolute Gasteiger partial charge is 0.372 e. The van der Waals surface area contributed by atoms with Gasteiger partial charge in [-0.1, -0.05) is 23.7 Å². The van der Waals surface area contributed by atoms with Crippen molar-refractivity contribution >= 4 is 11.6 Å². The van der Waals surface area contributed by atoms with Crippen LogP contribution in [0.25, 0.3) is 0 Å². The van der Waals surface area contributed by atoms with Gasteiger partial charge in [0, 0.05) is 23.5 Å². The summed E-state index contributed by atoms with van der Waals surface area (Å²) in [6.07, 6.45) is 2.46. The molecule has 0 radical (unpaired) electrons. The molecule has 1 unspecified atom stereocenters. The summed E-state index contributed by atoms with van der Waals surface area (Å²) in [5.74, 6) is 0.492. The third-order valence-electron chi connectivity index (χ3n) is 3.48. The van der Waals surface area contributed by atoms with E-state index in [1.165, 1.54) is 12.8 Å². The van der Waals surface area contributed by atoms with Crippen LogP contribution in [0.5, 0.6) is 0 Å². The minimum Gasteiger partial charge on any atom is -0.372 e. The van der Waals surface area contributed by atoms with Crippen molar-refractivity contribution in [1.82, 2.24) is 5.32 Å². The molecule has 0 bridgehead atoms. The average molecular weight is 283 g/mol. The number of hydrogen-bond acceptors (Lipinski definition) is 3. The Morgan fingerprint density at radius 2 is 2.37 bits per heavy atom. The Bertz CT molecular complexity index is 391. The van der Waals surface area contributed by atoms with Gasteiger partial charge in [0.2, 0.25) is 0 Å². The number of benzene rings is 1. The summed E-state index contributed by atoms with van der Waals surface area (Å²) in [5.41, 5.74) is 6.97. The highest BCUT2D eigenvalue weighted by Gasteiger charge is 2.26. The minimum atomic E-state index is 0.0539. The second-order valence-corrected chi connectivity index (χ2v) is 5.83. The lowest BCUT2D eigenvalue weighted by molar-refractivity contribution is -0.00187. The molecule has 19 heavy (non-hydrogen) atoms. The van der Waals surface area contributed by atoms with Crippen molar-refractivity contribution in [3.05, 3.63) is 34.9 Å². The van der Waals surface area contributed by atoms with Crippen molar-refractivity contribution in [2.45, 2.75) is 31.9 Å². The number of rotatable bonds is 5. The molecule has 0 aromatic heterocycles. The van der Waals surface area contributed by atoms with Crippen LogP contribution >= 0.6 is 11.6 Å². The SMILES string of the molecule is CC(N)CO[C@@H](c1cccc(Cl)c1)[C@@H]1CCCNC1. The number of nitrogens with one attached hydrogen (secondary N) is 1. The molecule has 0 saturated carbocycles. The van der Waals surface area contributed by atoms with Crippen molar-refractivity contribution in [2.24, 2.45) is 11.7 Å². The molecule has 0 spiro atoms. The van der Waals surface area contributed by atoms with Crippen LogP contribution in [-0.4, -0.2) is 25.7 Å².